The SMILES string of the molecule is CCNC(=O)CCNc1nc(C(N)=O)ccc1N. The summed E-state index contributed by atoms with van der Waals surface area (Å²) in [6.07, 6.45) is 0.301. The second kappa shape index (κ2) is 6.43. The number of rotatable bonds is 6. The van der Waals surface area contributed by atoms with Crippen LogP contribution in [0.15, 0.2) is 12.1 Å². The van der Waals surface area contributed by atoms with Crippen LogP contribution in [0.25, 0.3) is 0 Å². The number of amides is 2. The predicted molar refractivity (Wildman–Crippen MR) is 69.0 cm³/mol. The van der Waals surface area contributed by atoms with Gasteiger partial charge in [0, 0.05) is 19.5 Å². The van der Waals surface area contributed by atoms with Crippen molar-refractivity contribution in [2.75, 3.05) is 24.1 Å². The fraction of sp³-hybridized carbons (Fsp3) is 0.364. The summed E-state index contributed by atoms with van der Waals surface area (Å²) < 4.78 is 0. The highest BCUT2D eigenvalue weighted by Gasteiger charge is 2.07. The number of anilines is 2. The quantitative estimate of drug-likeness (QED) is 0.552. The highest BCUT2D eigenvalue weighted by Crippen LogP contribution is 2.15. The zero-order valence-electron chi connectivity index (χ0n) is 10.2. The van der Waals surface area contributed by atoms with Crippen molar-refractivity contribution in [1.29, 1.82) is 0 Å². The fourth-order valence-electron chi connectivity index (χ4n) is 1.33. The lowest BCUT2D eigenvalue weighted by Gasteiger charge is -2.09. The molecule has 6 N–H and O–H groups in total. The lowest BCUT2D eigenvalue weighted by molar-refractivity contribution is -0.120. The van der Waals surface area contributed by atoms with Gasteiger partial charge < -0.3 is 22.1 Å². The maximum Gasteiger partial charge on any atom is 0.267 e. The van der Waals surface area contributed by atoms with Gasteiger partial charge in [0.15, 0.2) is 0 Å². The highest BCUT2D eigenvalue weighted by atomic mass is 16.2. The Morgan fingerprint density at radius 1 is 1.39 bits per heavy atom. The number of carbonyl (C=O) groups excluding carboxylic acids is 2. The Kier molecular flexibility index (Phi) is 4.91. The smallest absolute Gasteiger partial charge is 0.267 e. The number of pyridine rings is 1. The molecule has 0 aliphatic rings. The van der Waals surface area contributed by atoms with Gasteiger partial charge in [-0.05, 0) is 19.1 Å². The van der Waals surface area contributed by atoms with Crippen LogP contribution in [0.2, 0.25) is 0 Å². The van der Waals surface area contributed by atoms with Gasteiger partial charge in [-0.25, -0.2) is 4.98 Å². The normalized spacial score (nSPS) is 9.83. The molecule has 0 radical (unpaired) electrons. The standard InChI is InChI=1S/C11H17N5O2/c1-2-14-9(17)5-6-15-11-7(12)3-4-8(16-11)10(13)18/h3-4H,2,5-6,12H2,1H3,(H2,13,18)(H,14,17)(H,15,16). The molecule has 18 heavy (non-hydrogen) atoms. The van der Waals surface area contributed by atoms with Crippen LogP contribution in [0.4, 0.5) is 11.5 Å². The Hall–Kier alpha value is -2.31. The molecule has 98 valence electrons. The summed E-state index contributed by atoms with van der Waals surface area (Å²) in [4.78, 5) is 26.1. The molecule has 2 amide bonds. The highest BCUT2D eigenvalue weighted by molar-refractivity contribution is 5.91. The van der Waals surface area contributed by atoms with Gasteiger partial charge in [-0.1, -0.05) is 0 Å². The summed E-state index contributed by atoms with van der Waals surface area (Å²) in [5, 5.41) is 5.56. The number of hydrogen-bond acceptors (Lipinski definition) is 5. The molecule has 7 nitrogen and oxygen atoms in total. The molecular formula is C11H17N5O2. The Labute approximate surface area is 105 Å². The molecule has 1 aromatic rings. The summed E-state index contributed by atoms with van der Waals surface area (Å²) in [6, 6.07) is 2.99. The summed E-state index contributed by atoms with van der Waals surface area (Å²) in [7, 11) is 0. The van der Waals surface area contributed by atoms with E-state index in [0.29, 0.717) is 31.0 Å². The molecule has 0 atom stereocenters. The molecule has 1 heterocycles. The first-order valence-corrected chi connectivity index (χ1v) is 5.61. The Morgan fingerprint density at radius 3 is 2.72 bits per heavy atom. The molecule has 0 fully saturated rings. The van der Waals surface area contributed by atoms with Crippen molar-refractivity contribution in [3.8, 4) is 0 Å². The predicted octanol–water partition coefficient (Wildman–Crippen LogP) is -0.299. The van der Waals surface area contributed by atoms with E-state index in [1.807, 2.05) is 6.92 Å². The average molecular weight is 251 g/mol. The van der Waals surface area contributed by atoms with E-state index in [0.717, 1.165) is 0 Å². The van der Waals surface area contributed by atoms with Gasteiger partial charge >= 0.3 is 0 Å². The van der Waals surface area contributed by atoms with E-state index < -0.39 is 5.91 Å². The molecule has 7 heteroatoms. The summed E-state index contributed by atoms with van der Waals surface area (Å²) in [6.45, 7) is 2.82. The van der Waals surface area contributed by atoms with Crippen molar-refractivity contribution in [2.45, 2.75) is 13.3 Å². The van der Waals surface area contributed by atoms with Gasteiger partial charge in [0.05, 0.1) is 5.69 Å². The van der Waals surface area contributed by atoms with E-state index in [-0.39, 0.29) is 11.6 Å². The first-order chi connectivity index (χ1) is 8.54. The number of hydrogen-bond donors (Lipinski definition) is 4. The van der Waals surface area contributed by atoms with E-state index >= 15 is 0 Å². The molecule has 0 bridgehead atoms. The number of nitrogen functional groups attached to an aromatic ring is 1. The van der Waals surface area contributed by atoms with Crippen LogP contribution in [0, 0.1) is 0 Å². The van der Waals surface area contributed by atoms with E-state index in [1.165, 1.54) is 6.07 Å². The first-order valence-electron chi connectivity index (χ1n) is 5.61. The number of nitrogens with one attached hydrogen (secondary N) is 2. The third kappa shape index (κ3) is 3.93. The van der Waals surface area contributed by atoms with Crippen LogP contribution in [0.3, 0.4) is 0 Å². The zero-order chi connectivity index (χ0) is 13.5. The van der Waals surface area contributed by atoms with Crippen molar-refractivity contribution < 1.29 is 9.59 Å². The van der Waals surface area contributed by atoms with Crippen molar-refractivity contribution in [3.63, 3.8) is 0 Å². The Balaban J connectivity index is 2.58. The molecule has 1 rings (SSSR count). The average Bonchev–Trinajstić information content (AvgIpc) is 2.31. The molecule has 0 aliphatic carbocycles. The van der Waals surface area contributed by atoms with Crippen LogP contribution in [0.1, 0.15) is 23.8 Å². The van der Waals surface area contributed by atoms with Gasteiger partial charge in [0.1, 0.15) is 11.5 Å². The lowest BCUT2D eigenvalue weighted by atomic mass is 10.3. The van der Waals surface area contributed by atoms with E-state index in [1.54, 1.807) is 6.07 Å². The second-order valence-electron chi connectivity index (χ2n) is 3.63. The van der Waals surface area contributed by atoms with Crippen molar-refractivity contribution in [1.82, 2.24) is 10.3 Å². The molecule has 0 spiro atoms. The fourth-order valence-corrected chi connectivity index (χ4v) is 1.33. The molecule has 1 aromatic heterocycles. The number of aromatic nitrogens is 1. The van der Waals surface area contributed by atoms with Crippen molar-refractivity contribution in [3.05, 3.63) is 17.8 Å². The maximum atomic E-state index is 11.2. The Bertz CT molecular complexity index is 447. The largest absolute Gasteiger partial charge is 0.396 e. The minimum Gasteiger partial charge on any atom is -0.396 e. The molecule has 0 aromatic carbocycles. The van der Waals surface area contributed by atoms with E-state index in [9.17, 15) is 9.59 Å². The van der Waals surface area contributed by atoms with Crippen LogP contribution >= 0.6 is 0 Å². The van der Waals surface area contributed by atoms with Crippen molar-refractivity contribution >= 4 is 23.3 Å². The van der Waals surface area contributed by atoms with Crippen LogP contribution in [-0.2, 0) is 4.79 Å². The third-order valence-corrected chi connectivity index (χ3v) is 2.20. The van der Waals surface area contributed by atoms with E-state index in [2.05, 4.69) is 15.6 Å². The van der Waals surface area contributed by atoms with Crippen LogP contribution in [0.5, 0.6) is 0 Å². The van der Waals surface area contributed by atoms with Gasteiger partial charge in [0.2, 0.25) is 5.91 Å². The minimum atomic E-state index is -0.623. The number of carbonyl (C=O) groups is 2. The zero-order valence-corrected chi connectivity index (χ0v) is 10.2. The van der Waals surface area contributed by atoms with Crippen LogP contribution < -0.4 is 22.1 Å². The Morgan fingerprint density at radius 2 is 2.11 bits per heavy atom. The minimum absolute atomic E-state index is 0.0605. The van der Waals surface area contributed by atoms with Gasteiger partial charge in [-0.2, -0.15) is 0 Å². The number of nitrogens with zero attached hydrogens (tertiary/aromatic N) is 1. The monoisotopic (exact) mass is 251 g/mol. The van der Waals surface area contributed by atoms with Crippen molar-refractivity contribution in [2.24, 2.45) is 5.73 Å². The van der Waals surface area contributed by atoms with Crippen LogP contribution in [-0.4, -0.2) is 29.9 Å². The molecular weight excluding hydrogens is 234 g/mol. The third-order valence-electron chi connectivity index (χ3n) is 2.20. The van der Waals surface area contributed by atoms with Gasteiger partial charge in [-0.3, -0.25) is 9.59 Å². The van der Waals surface area contributed by atoms with Gasteiger partial charge in [0.25, 0.3) is 5.91 Å². The van der Waals surface area contributed by atoms with Gasteiger partial charge in [-0.15, -0.1) is 0 Å². The maximum absolute atomic E-state index is 11.2. The molecule has 0 aliphatic heterocycles. The summed E-state index contributed by atoms with van der Waals surface area (Å²) >= 11 is 0. The molecule has 0 saturated heterocycles. The molecule has 0 unspecified atom stereocenters. The summed E-state index contributed by atoms with van der Waals surface area (Å²) in [5.41, 5.74) is 11.3. The number of nitrogens with two attached hydrogens (primary N) is 2. The topological polar surface area (TPSA) is 123 Å². The van der Waals surface area contributed by atoms with E-state index in [4.69, 9.17) is 11.5 Å². The number of primary amides is 1. The second-order valence-corrected chi connectivity index (χ2v) is 3.63. The summed E-state index contributed by atoms with van der Waals surface area (Å²) in [5.74, 6) is -0.327. The lowest BCUT2D eigenvalue weighted by Crippen LogP contribution is -2.25. The first kappa shape index (κ1) is 13.8. The molecule has 0 saturated carbocycles.